The van der Waals surface area contributed by atoms with E-state index in [2.05, 4.69) is 10.3 Å². The Morgan fingerprint density at radius 2 is 1.36 bits per heavy atom. The zero-order valence-electron chi connectivity index (χ0n) is 32.2. The third kappa shape index (κ3) is 13.9. The summed E-state index contributed by atoms with van der Waals surface area (Å²) < 4.78 is 22.5. The van der Waals surface area contributed by atoms with Gasteiger partial charge in [-0.25, -0.2) is 0 Å². The maximum absolute atomic E-state index is 12.5. The zero-order chi connectivity index (χ0) is 39.7. The van der Waals surface area contributed by atoms with Crippen LogP contribution in [0.5, 0.6) is 5.75 Å². The minimum Gasteiger partial charge on any atom is -0.462 e. The molecule has 1 amide bonds. The molecule has 15 heteroatoms. The fourth-order valence-corrected chi connectivity index (χ4v) is 7.18. The van der Waals surface area contributed by atoms with Crippen LogP contribution < -0.4 is 10.1 Å². The SMILES string of the molecule is CCC(O)CCCCCCCCCCCCCCC(=O)NCCc1c[nH]c2ccc(O[C@H]3O[C@H](CO[C@H]4O[C@H](CO)[C@@H](O)[C@H](O)[C@H]4O)[C@@H](O)[C@H](O)[C@H]3O)cc12. The van der Waals surface area contributed by atoms with Gasteiger partial charge in [0.1, 0.15) is 54.6 Å². The minimum atomic E-state index is -1.68. The molecule has 1 aromatic carbocycles. The van der Waals surface area contributed by atoms with Gasteiger partial charge in [-0.3, -0.25) is 4.79 Å². The van der Waals surface area contributed by atoms with Crippen LogP contribution in [0, 0.1) is 0 Å². The monoisotopic (exact) mass is 782 g/mol. The van der Waals surface area contributed by atoms with Crippen LogP contribution >= 0.6 is 0 Å². The number of aliphatic hydroxyl groups is 8. The Labute approximate surface area is 324 Å². The Balaban J connectivity index is 1.13. The number of unbranched alkanes of at least 4 members (excludes halogenated alkanes) is 11. The number of aromatic amines is 1. The lowest BCUT2D eigenvalue weighted by Gasteiger charge is -2.42. The number of benzene rings is 1. The summed E-state index contributed by atoms with van der Waals surface area (Å²) in [5.41, 5.74) is 1.78. The number of nitrogens with one attached hydrogen (secondary N) is 2. The van der Waals surface area contributed by atoms with E-state index < -0.39 is 74.6 Å². The molecule has 2 saturated heterocycles. The maximum atomic E-state index is 12.5. The summed E-state index contributed by atoms with van der Waals surface area (Å²) in [4.78, 5) is 15.7. The summed E-state index contributed by atoms with van der Waals surface area (Å²) in [6.45, 7) is 1.38. The van der Waals surface area contributed by atoms with Crippen LogP contribution in [-0.2, 0) is 25.4 Å². The molecule has 15 nitrogen and oxygen atoms in total. The Bertz CT molecular complexity index is 1380. The van der Waals surface area contributed by atoms with E-state index in [0.717, 1.165) is 55.0 Å². The van der Waals surface area contributed by atoms with Crippen molar-refractivity contribution in [2.75, 3.05) is 19.8 Å². The highest BCUT2D eigenvalue weighted by Gasteiger charge is 2.48. The molecule has 0 saturated carbocycles. The molecule has 1 aromatic heterocycles. The van der Waals surface area contributed by atoms with Gasteiger partial charge in [0.15, 0.2) is 6.29 Å². The summed E-state index contributed by atoms with van der Waals surface area (Å²) >= 11 is 0. The fourth-order valence-electron chi connectivity index (χ4n) is 7.18. The van der Waals surface area contributed by atoms with E-state index in [9.17, 15) is 45.6 Å². The van der Waals surface area contributed by atoms with Crippen LogP contribution in [-0.4, -0.2) is 139 Å². The van der Waals surface area contributed by atoms with Crippen molar-refractivity contribution in [3.8, 4) is 5.75 Å². The number of ether oxygens (including phenoxy) is 4. The van der Waals surface area contributed by atoms with Crippen LogP contribution in [0.15, 0.2) is 24.4 Å². The van der Waals surface area contributed by atoms with Crippen molar-refractivity contribution in [3.63, 3.8) is 0 Å². The van der Waals surface area contributed by atoms with Gasteiger partial charge in [0.05, 0.1) is 19.3 Å². The van der Waals surface area contributed by atoms with E-state index >= 15 is 0 Å². The predicted octanol–water partition coefficient (Wildman–Crippen LogP) is 2.06. The van der Waals surface area contributed by atoms with Gasteiger partial charge in [-0.2, -0.15) is 0 Å². The van der Waals surface area contributed by atoms with Crippen LogP contribution in [0.25, 0.3) is 10.9 Å². The summed E-state index contributed by atoms with van der Waals surface area (Å²) in [6.07, 6.45) is 3.68. The molecule has 314 valence electrons. The smallest absolute Gasteiger partial charge is 0.229 e. The van der Waals surface area contributed by atoms with E-state index in [1.54, 1.807) is 18.2 Å². The summed E-state index contributed by atoms with van der Waals surface area (Å²) in [5.74, 6) is 0.344. The number of fused-ring (bicyclic) bond motifs is 1. The Hall–Kier alpha value is -2.41. The molecule has 0 aliphatic carbocycles. The number of aromatic nitrogens is 1. The topological polar surface area (TPSA) is 244 Å². The van der Waals surface area contributed by atoms with E-state index in [4.69, 9.17) is 18.9 Å². The number of amides is 1. The Morgan fingerprint density at radius 1 is 0.782 bits per heavy atom. The average molecular weight is 783 g/mol. The molecular weight excluding hydrogens is 716 g/mol. The molecule has 2 fully saturated rings. The van der Waals surface area contributed by atoms with E-state index in [0.29, 0.717) is 25.1 Å². The van der Waals surface area contributed by atoms with Gasteiger partial charge < -0.3 is 70.1 Å². The number of carbonyl (C=O) groups is 1. The van der Waals surface area contributed by atoms with Crippen molar-refractivity contribution in [3.05, 3.63) is 30.0 Å². The molecule has 2 aromatic rings. The lowest BCUT2D eigenvalue weighted by Crippen LogP contribution is -2.62. The lowest BCUT2D eigenvalue weighted by molar-refractivity contribution is -0.323. The van der Waals surface area contributed by atoms with Gasteiger partial charge >= 0.3 is 0 Å². The van der Waals surface area contributed by atoms with E-state index in [1.807, 2.05) is 13.1 Å². The second kappa shape index (κ2) is 23.7. The first-order chi connectivity index (χ1) is 26.5. The molecule has 1 unspecified atom stereocenters. The van der Waals surface area contributed by atoms with Crippen LogP contribution in [0.4, 0.5) is 0 Å². The molecule has 0 bridgehead atoms. The van der Waals surface area contributed by atoms with Crippen molar-refractivity contribution < 1.29 is 64.6 Å². The molecule has 55 heavy (non-hydrogen) atoms. The van der Waals surface area contributed by atoms with Crippen LogP contribution in [0.3, 0.4) is 0 Å². The number of carbonyl (C=O) groups excluding carboxylic acids is 1. The van der Waals surface area contributed by atoms with E-state index in [1.165, 1.54) is 51.4 Å². The summed E-state index contributed by atoms with van der Waals surface area (Å²) in [7, 11) is 0. The van der Waals surface area contributed by atoms with Crippen molar-refractivity contribution in [2.24, 2.45) is 0 Å². The van der Waals surface area contributed by atoms with Crippen molar-refractivity contribution in [1.29, 1.82) is 0 Å². The zero-order valence-corrected chi connectivity index (χ0v) is 32.2. The molecule has 10 N–H and O–H groups in total. The molecule has 2 aliphatic rings. The average Bonchev–Trinajstić information content (AvgIpc) is 3.59. The molecule has 0 spiro atoms. The van der Waals surface area contributed by atoms with Gasteiger partial charge in [-0.15, -0.1) is 0 Å². The third-order valence-corrected chi connectivity index (χ3v) is 10.8. The summed E-state index contributed by atoms with van der Waals surface area (Å²) in [6, 6.07) is 5.19. The number of aliphatic hydroxyl groups excluding tert-OH is 8. The van der Waals surface area contributed by atoms with Gasteiger partial charge in [0, 0.05) is 30.1 Å². The second-order valence-corrected chi connectivity index (χ2v) is 15.1. The van der Waals surface area contributed by atoms with Crippen molar-refractivity contribution in [2.45, 2.75) is 177 Å². The van der Waals surface area contributed by atoms with Crippen molar-refractivity contribution in [1.82, 2.24) is 10.3 Å². The molecule has 4 rings (SSSR count). The number of hydrogen-bond acceptors (Lipinski definition) is 13. The maximum Gasteiger partial charge on any atom is 0.229 e. The third-order valence-electron chi connectivity index (χ3n) is 10.8. The minimum absolute atomic E-state index is 0.0299. The first-order valence-corrected chi connectivity index (χ1v) is 20.4. The lowest BCUT2D eigenvalue weighted by atomic mass is 9.98. The normalized spacial score (nSPS) is 29.0. The predicted molar refractivity (Wildman–Crippen MR) is 203 cm³/mol. The first-order valence-electron chi connectivity index (χ1n) is 20.4. The fraction of sp³-hybridized carbons (Fsp3) is 0.775. The largest absolute Gasteiger partial charge is 0.462 e. The molecule has 2 aliphatic heterocycles. The van der Waals surface area contributed by atoms with E-state index in [-0.39, 0.29) is 12.0 Å². The van der Waals surface area contributed by atoms with Gasteiger partial charge in [0.2, 0.25) is 12.2 Å². The van der Waals surface area contributed by atoms with Gasteiger partial charge in [-0.1, -0.05) is 77.6 Å². The number of rotatable bonds is 25. The van der Waals surface area contributed by atoms with Crippen LogP contribution in [0.1, 0.15) is 109 Å². The highest BCUT2D eigenvalue weighted by Crippen LogP contribution is 2.30. The highest BCUT2D eigenvalue weighted by molar-refractivity contribution is 5.84. The molecular formula is C40H66N2O13. The summed E-state index contributed by atoms with van der Waals surface area (Å²) in [5, 5.41) is 84.9. The van der Waals surface area contributed by atoms with Gasteiger partial charge in [-0.05, 0) is 49.4 Å². The highest BCUT2D eigenvalue weighted by atomic mass is 16.7. The Kier molecular flexibility index (Phi) is 19.5. The van der Waals surface area contributed by atoms with Gasteiger partial charge in [0.25, 0.3) is 0 Å². The second-order valence-electron chi connectivity index (χ2n) is 15.1. The first kappa shape index (κ1) is 45.3. The molecule has 11 atom stereocenters. The molecule has 0 radical (unpaired) electrons. The Morgan fingerprint density at radius 3 is 2.00 bits per heavy atom. The number of hydrogen-bond donors (Lipinski definition) is 10. The van der Waals surface area contributed by atoms with Crippen LogP contribution in [0.2, 0.25) is 0 Å². The molecule has 3 heterocycles. The quantitative estimate of drug-likeness (QED) is 0.0650. The standard InChI is InChI=1S/C40H66N2O13/c1-2-26(44)15-13-11-9-7-5-3-4-6-8-10-12-14-16-32(45)41-20-19-25-22-42-29-18-17-27(21-28(25)29)53-40-38(51)36(49)34(47)31(55-40)24-52-39-37(50)35(48)33(46)30(23-43)54-39/h17-18,21-22,26,30-31,33-40,42-44,46-51H,2-16,19-20,23-24H2,1H3,(H,41,45)/t26?,30-,31-,33-,34-,35+,36+,37-,38-,39+,40+/m1/s1. The number of H-pyrrole nitrogens is 1. The van der Waals surface area contributed by atoms with Crippen molar-refractivity contribution >= 4 is 16.8 Å².